The van der Waals surface area contributed by atoms with Crippen molar-refractivity contribution in [3.05, 3.63) is 46.0 Å². The number of hydrogen-bond acceptors (Lipinski definition) is 2. The second kappa shape index (κ2) is 2.96. The molecule has 68 valence electrons. The van der Waals surface area contributed by atoms with Crippen molar-refractivity contribution in [2.75, 3.05) is 0 Å². The molecule has 1 aromatic heterocycles. The number of halogens is 1. The van der Waals surface area contributed by atoms with Gasteiger partial charge in [0.1, 0.15) is 11.9 Å². The molecule has 1 heterocycles. The van der Waals surface area contributed by atoms with E-state index in [9.17, 15) is 9.18 Å². The molecule has 3 nitrogen and oxygen atoms in total. The average molecular weight is 188 g/mol. The normalized spacial score (nSPS) is 10.0. The summed E-state index contributed by atoms with van der Waals surface area (Å²) in [7, 11) is 0. The molecule has 0 saturated heterocycles. The Morgan fingerprint density at radius 2 is 2.07 bits per heavy atom. The smallest absolute Gasteiger partial charge is 0.248 e. The number of hydrogen-bond donors (Lipinski definition) is 1. The number of nitrogens with one attached hydrogen (secondary N) is 1. The zero-order chi connectivity index (χ0) is 10.1. The van der Waals surface area contributed by atoms with Crippen LogP contribution in [0.25, 0.3) is 10.9 Å². The fourth-order valence-electron chi connectivity index (χ4n) is 1.31. The first kappa shape index (κ1) is 8.45. The molecule has 4 heteroatoms. The maximum atomic E-state index is 13.2. The van der Waals surface area contributed by atoms with Crippen LogP contribution in [0, 0.1) is 17.1 Å². The summed E-state index contributed by atoms with van der Waals surface area (Å²) in [4.78, 5) is 13.4. The van der Waals surface area contributed by atoms with Crippen molar-refractivity contribution in [1.82, 2.24) is 4.98 Å². The molecule has 2 rings (SSSR count). The van der Waals surface area contributed by atoms with Crippen LogP contribution in [0.4, 0.5) is 4.39 Å². The summed E-state index contributed by atoms with van der Waals surface area (Å²) in [6, 6.07) is 7.03. The zero-order valence-corrected chi connectivity index (χ0v) is 7.04. The van der Waals surface area contributed by atoms with Gasteiger partial charge in [0.25, 0.3) is 0 Å². The molecule has 0 spiro atoms. The lowest BCUT2D eigenvalue weighted by molar-refractivity contribution is 0.639. The summed E-state index contributed by atoms with van der Waals surface area (Å²) in [5, 5.41) is 8.98. The highest BCUT2D eigenvalue weighted by Crippen LogP contribution is 2.17. The third kappa shape index (κ3) is 1.15. The standard InChI is InChI=1S/C10H5FN2O/c11-8-3-1-6(5-12)10-7(8)2-4-9(14)13-10/h1-4H,(H,13,14). The van der Waals surface area contributed by atoms with Crippen molar-refractivity contribution in [1.29, 1.82) is 5.26 Å². The number of pyridine rings is 1. The molecule has 0 amide bonds. The summed E-state index contributed by atoms with van der Waals surface area (Å²) < 4.78 is 13.2. The fourth-order valence-corrected chi connectivity index (χ4v) is 1.31. The number of nitriles is 1. The second-order valence-corrected chi connectivity index (χ2v) is 2.82. The van der Waals surface area contributed by atoms with Gasteiger partial charge < -0.3 is 4.98 Å². The largest absolute Gasteiger partial charge is 0.321 e. The molecule has 1 aromatic carbocycles. The van der Waals surface area contributed by atoms with Crippen molar-refractivity contribution in [2.24, 2.45) is 0 Å². The Bertz CT molecular complexity index is 595. The van der Waals surface area contributed by atoms with Crippen LogP contribution in [-0.2, 0) is 0 Å². The van der Waals surface area contributed by atoms with E-state index in [2.05, 4.69) is 4.98 Å². The van der Waals surface area contributed by atoms with Gasteiger partial charge in [-0.05, 0) is 18.2 Å². The lowest BCUT2D eigenvalue weighted by Crippen LogP contribution is -2.04. The van der Waals surface area contributed by atoms with Gasteiger partial charge >= 0.3 is 0 Å². The first-order valence-corrected chi connectivity index (χ1v) is 3.94. The maximum Gasteiger partial charge on any atom is 0.248 e. The highest BCUT2D eigenvalue weighted by molar-refractivity contribution is 5.84. The SMILES string of the molecule is N#Cc1ccc(F)c2ccc(=O)[nH]c12. The highest BCUT2D eigenvalue weighted by atomic mass is 19.1. The average Bonchev–Trinajstić information content (AvgIpc) is 2.18. The Kier molecular flexibility index (Phi) is 1.79. The van der Waals surface area contributed by atoms with Crippen molar-refractivity contribution < 1.29 is 4.39 Å². The van der Waals surface area contributed by atoms with E-state index in [1.54, 1.807) is 0 Å². The lowest BCUT2D eigenvalue weighted by Gasteiger charge is -1.99. The molecule has 0 aliphatic heterocycles. The molecular weight excluding hydrogens is 183 g/mol. The summed E-state index contributed by atoms with van der Waals surface area (Å²) in [5.41, 5.74) is 0.165. The molecule has 0 atom stereocenters. The minimum Gasteiger partial charge on any atom is -0.321 e. The van der Waals surface area contributed by atoms with Crippen molar-refractivity contribution in [3.8, 4) is 6.07 Å². The zero-order valence-electron chi connectivity index (χ0n) is 7.04. The van der Waals surface area contributed by atoms with Gasteiger partial charge in [-0.1, -0.05) is 0 Å². The van der Waals surface area contributed by atoms with Crippen molar-refractivity contribution >= 4 is 10.9 Å². The molecule has 0 bridgehead atoms. The minimum absolute atomic E-state index is 0.250. The molecular formula is C10H5FN2O. The third-order valence-corrected chi connectivity index (χ3v) is 1.96. The van der Waals surface area contributed by atoms with Gasteiger partial charge in [0.15, 0.2) is 0 Å². The van der Waals surface area contributed by atoms with Crippen molar-refractivity contribution in [3.63, 3.8) is 0 Å². The molecule has 0 unspecified atom stereocenters. The van der Waals surface area contributed by atoms with Gasteiger partial charge in [-0.25, -0.2) is 4.39 Å². The van der Waals surface area contributed by atoms with Crippen LogP contribution in [0.5, 0.6) is 0 Å². The quantitative estimate of drug-likeness (QED) is 0.681. The predicted molar refractivity (Wildman–Crippen MR) is 49.2 cm³/mol. The molecule has 0 saturated carbocycles. The van der Waals surface area contributed by atoms with Gasteiger partial charge in [-0.3, -0.25) is 4.79 Å². The summed E-state index contributed by atoms with van der Waals surface area (Å²) in [5.74, 6) is -0.449. The van der Waals surface area contributed by atoms with Crippen molar-refractivity contribution in [2.45, 2.75) is 0 Å². The number of aromatic amines is 1. The number of rotatable bonds is 0. The number of aromatic nitrogens is 1. The van der Waals surface area contributed by atoms with E-state index in [4.69, 9.17) is 5.26 Å². The Morgan fingerprint density at radius 3 is 2.79 bits per heavy atom. The van der Waals surface area contributed by atoms with Crippen LogP contribution in [0.15, 0.2) is 29.1 Å². The Hall–Kier alpha value is -2.15. The first-order valence-electron chi connectivity index (χ1n) is 3.94. The number of H-pyrrole nitrogens is 1. The van der Waals surface area contributed by atoms with E-state index in [0.717, 1.165) is 0 Å². The highest BCUT2D eigenvalue weighted by Gasteiger charge is 2.05. The number of nitrogens with zero attached hydrogens (tertiary/aromatic N) is 1. The number of fused-ring (bicyclic) bond motifs is 1. The van der Waals surface area contributed by atoms with E-state index >= 15 is 0 Å². The van der Waals surface area contributed by atoms with Crippen LogP contribution >= 0.6 is 0 Å². The van der Waals surface area contributed by atoms with Gasteiger partial charge in [0.05, 0.1) is 11.1 Å². The maximum absolute atomic E-state index is 13.2. The molecule has 14 heavy (non-hydrogen) atoms. The first-order chi connectivity index (χ1) is 6.72. The van der Waals surface area contributed by atoms with Gasteiger partial charge in [-0.2, -0.15) is 5.26 Å². The van der Waals surface area contributed by atoms with E-state index in [1.165, 1.54) is 24.3 Å². The van der Waals surface area contributed by atoms with Crippen LogP contribution < -0.4 is 5.56 Å². The van der Waals surface area contributed by atoms with E-state index in [-0.39, 0.29) is 22.0 Å². The molecule has 0 aliphatic carbocycles. The van der Waals surface area contributed by atoms with E-state index in [1.807, 2.05) is 6.07 Å². The topological polar surface area (TPSA) is 56.6 Å². The van der Waals surface area contributed by atoms with Crippen LogP contribution in [0.2, 0.25) is 0 Å². The Morgan fingerprint density at radius 1 is 1.29 bits per heavy atom. The molecule has 2 aromatic rings. The lowest BCUT2D eigenvalue weighted by atomic mass is 10.1. The summed E-state index contributed by atoms with van der Waals surface area (Å²) in [6.07, 6.45) is 0. The van der Waals surface area contributed by atoms with Crippen LogP contribution in [0.1, 0.15) is 5.56 Å². The predicted octanol–water partition coefficient (Wildman–Crippen LogP) is 1.54. The van der Waals surface area contributed by atoms with Gasteiger partial charge in [0, 0.05) is 11.5 Å². The Labute approximate surface area is 78.4 Å². The second-order valence-electron chi connectivity index (χ2n) is 2.82. The van der Waals surface area contributed by atoms with Gasteiger partial charge in [-0.15, -0.1) is 0 Å². The molecule has 1 N–H and O–H groups in total. The monoisotopic (exact) mass is 188 g/mol. The van der Waals surface area contributed by atoms with Crippen LogP contribution in [0.3, 0.4) is 0 Å². The summed E-state index contributed by atoms with van der Waals surface area (Å²) >= 11 is 0. The van der Waals surface area contributed by atoms with E-state index in [0.29, 0.717) is 0 Å². The molecule has 0 fully saturated rings. The molecule has 0 aliphatic rings. The Balaban J connectivity index is 3.01. The minimum atomic E-state index is -0.449. The van der Waals surface area contributed by atoms with Gasteiger partial charge in [0.2, 0.25) is 5.56 Å². The van der Waals surface area contributed by atoms with Crippen LogP contribution in [-0.4, -0.2) is 4.98 Å². The fraction of sp³-hybridized carbons (Fsp3) is 0. The third-order valence-electron chi connectivity index (χ3n) is 1.96. The summed E-state index contributed by atoms with van der Waals surface area (Å²) in [6.45, 7) is 0. The number of benzene rings is 1. The molecule has 0 radical (unpaired) electrons. The van der Waals surface area contributed by atoms with E-state index < -0.39 is 5.82 Å².